The molecule has 2 aromatic rings. The molecule has 0 atom stereocenters. The highest BCUT2D eigenvalue weighted by molar-refractivity contribution is 7.89. The molecule has 0 unspecified atom stereocenters. The van der Waals surface area contributed by atoms with E-state index in [9.17, 15) is 13.2 Å². The number of carbonyl (C=O) groups is 1. The first-order chi connectivity index (χ1) is 11.9. The zero-order chi connectivity index (χ0) is 18.3. The predicted molar refractivity (Wildman–Crippen MR) is 105 cm³/mol. The van der Waals surface area contributed by atoms with Crippen molar-refractivity contribution < 1.29 is 13.2 Å². The van der Waals surface area contributed by atoms with E-state index in [0.717, 1.165) is 5.56 Å². The van der Waals surface area contributed by atoms with Crippen molar-refractivity contribution in [1.82, 2.24) is 10.0 Å². The normalized spacial score (nSPS) is 10.8. The molecule has 0 aliphatic carbocycles. The zero-order valence-corrected chi connectivity index (χ0v) is 16.2. The number of nitrogens with one attached hydrogen (secondary N) is 2. The van der Waals surface area contributed by atoms with Crippen LogP contribution in [0.2, 0.25) is 0 Å². The Kier molecular flexibility index (Phi) is 8.74. The molecule has 26 heavy (non-hydrogen) atoms. The molecule has 0 aliphatic rings. The van der Waals surface area contributed by atoms with Crippen molar-refractivity contribution in [2.45, 2.75) is 24.8 Å². The second-order valence-electron chi connectivity index (χ2n) is 5.69. The highest BCUT2D eigenvalue weighted by Gasteiger charge is 2.17. The Balaban J connectivity index is 0.00000338. The van der Waals surface area contributed by atoms with Gasteiger partial charge in [-0.25, -0.2) is 13.1 Å². The van der Waals surface area contributed by atoms with E-state index in [-0.39, 0.29) is 29.8 Å². The van der Waals surface area contributed by atoms with E-state index in [1.165, 1.54) is 12.1 Å². The van der Waals surface area contributed by atoms with Crippen molar-refractivity contribution >= 4 is 28.3 Å². The molecule has 142 valence electrons. The summed E-state index contributed by atoms with van der Waals surface area (Å²) in [6.07, 6.45) is 0.668. The molecule has 6 nitrogen and oxygen atoms in total. The molecule has 4 N–H and O–H groups in total. The van der Waals surface area contributed by atoms with E-state index in [0.29, 0.717) is 30.6 Å². The van der Waals surface area contributed by atoms with Crippen LogP contribution in [0.3, 0.4) is 0 Å². The molecule has 0 aliphatic heterocycles. The van der Waals surface area contributed by atoms with Gasteiger partial charge in [0.05, 0.1) is 4.90 Å². The summed E-state index contributed by atoms with van der Waals surface area (Å²) in [5.74, 6) is -0.300. The predicted octanol–water partition coefficient (Wildman–Crippen LogP) is 1.97. The third kappa shape index (κ3) is 6.10. The topological polar surface area (TPSA) is 101 Å². The van der Waals surface area contributed by atoms with E-state index >= 15 is 0 Å². The number of amides is 1. The maximum atomic E-state index is 12.5. The molecule has 2 rings (SSSR count). The fourth-order valence-corrected chi connectivity index (χ4v) is 3.31. The van der Waals surface area contributed by atoms with Crippen LogP contribution in [0, 0.1) is 6.92 Å². The van der Waals surface area contributed by atoms with Crippen LogP contribution < -0.4 is 15.8 Å². The van der Waals surface area contributed by atoms with Crippen LogP contribution in [0.25, 0.3) is 0 Å². The summed E-state index contributed by atoms with van der Waals surface area (Å²) in [4.78, 5) is 12.3. The van der Waals surface area contributed by atoms with E-state index in [1.54, 1.807) is 13.0 Å². The minimum atomic E-state index is -3.71. The van der Waals surface area contributed by atoms with Gasteiger partial charge in [0.2, 0.25) is 10.0 Å². The molecule has 0 radical (unpaired) electrons. The standard InChI is InChI=1S/C18H23N3O3S.ClH/c1-14-8-9-16(12-17(14)18(22)20-11-5-10-19)25(23,24)21-13-15-6-3-2-4-7-15;/h2-4,6-9,12,21H,5,10-11,13,19H2,1H3,(H,20,22);1H. The number of rotatable bonds is 8. The summed E-state index contributed by atoms with van der Waals surface area (Å²) in [5.41, 5.74) is 7.33. The van der Waals surface area contributed by atoms with Gasteiger partial charge in [0.25, 0.3) is 5.91 Å². The molecule has 0 heterocycles. The third-order valence-electron chi connectivity index (χ3n) is 3.74. The van der Waals surface area contributed by atoms with Crippen LogP contribution in [-0.4, -0.2) is 27.4 Å². The Morgan fingerprint density at radius 2 is 1.81 bits per heavy atom. The number of sulfonamides is 1. The zero-order valence-electron chi connectivity index (χ0n) is 14.6. The number of halogens is 1. The molecule has 0 aromatic heterocycles. The molecule has 0 fully saturated rings. The smallest absolute Gasteiger partial charge is 0.251 e. The molecular formula is C18H24ClN3O3S. The molecule has 2 aromatic carbocycles. The van der Waals surface area contributed by atoms with Gasteiger partial charge in [-0.1, -0.05) is 36.4 Å². The minimum absolute atomic E-state index is 0. The van der Waals surface area contributed by atoms with Gasteiger partial charge < -0.3 is 11.1 Å². The Morgan fingerprint density at radius 3 is 2.46 bits per heavy atom. The van der Waals surface area contributed by atoms with E-state index in [4.69, 9.17) is 5.73 Å². The summed E-state index contributed by atoms with van der Waals surface area (Å²) in [7, 11) is -3.71. The molecule has 1 amide bonds. The molecule has 0 bridgehead atoms. The number of hydrogen-bond donors (Lipinski definition) is 3. The fourth-order valence-electron chi connectivity index (χ4n) is 2.27. The number of carbonyl (C=O) groups excluding carboxylic acids is 1. The lowest BCUT2D eigenvalue weighted by Crippen LogP contribution is -2.27. The van der Waals surface area contributed by atoms with Gasteiger partial charge in [-0.2, -0.15) is 0 Å². The lowest BCUT2D eigenvalue weighted by atomic mass is 10.1. The fraction of sp³-hybridized carbons (Fsp3) is 0.278. The summed E-state index contributed by atoms with van der Waals surface area (Å²) < 4.78 is 27.5. The van der Waals surface area contributed by atoms with Gasteiger partial charge in [0, 0.05) is 18.7 Å². The maximum absolute atomic E-state index is 12.5. The van der Waals surface area contributed by atoms with Crippen LogP contribution in [0.15, 0.2) is 53.4 Å². The van der Waals surface area contributed by atoms with Gasteiger partial charge >= 0.3 is 0 Å². The van der Waals surface area contributed by atoms with Crippen molar-refractivity contribution in [1.29, 1.82) is 0 Å². The van der Waals surface area contributed by atoms with Gasteiger partial charge in [0.1, 0.15) is 0 Å². The second-order valence-corrected chi connectivity index (χ2v) is 7.45. The van der Waals surface area contributed by atoms with Crippen molar-refractivity contribution in [3.8, 4) is 0 Å². The van der Waals surface area contributed by atoms with Crippen molar-refractivity contribution in [3.63, 3.8) is 0 Å². The summed E-state index contributed by atoms with van der Waals surface area (Å²) >= 11 is 0. The summed E-state index contributed by atoms with van der Waals surface area (Å²) in [6.45, 7) is 2.90. The van der Waals surface area contributed by atoms with Gasteiger partial charge in [-0.15, -0.1) is 12.4 Å². The Hall–Kier alpha value is -1.93. The molecule has 0 saturated carbocycles. The molecular weight excluding hydrogens is 374 g/mol. The average molecular weight is 398 g/mol. The lowest BCUT2D eigenvalue weighted by Gasteiger charge is -2.11. The van der Waals surface area contributed by atoms with Crippen LogP contribution >= 0.6 is 12.4 Å². The third-order valence-corrected chi connectivity index (χ3v) is 5.14. The number of benzene rings is 2. The van der Waals surface area contributed by atoms with Crippen LogP contribution in [0.5, 0.6) is 0 Å². The van der Waals surface area contributed by atoms with Crippen molar-refractivity contribution in [3.05, 3.63) is 65.2 Å². The minimum Gasteiger partial charge on any atom is -0.352 e. The molecule has 0 spiro atoms. The monoisotopic (exact) mass is 397 g/mol. The van der Waals surface area contributed by atoms with Crippen molar-refractivity contribution in [2.24, 2.45) is 5.73 Å². The first-order valence-corrected chi connectivity index (χ1v) is 9.55. The molecule has 0 saturated heterocycles. The average Bonchev–Trinajstić information content (AvgIpc) is 2.61. The highest BCUT2D eigenvalue weighted by atomic mass is 35.5. The molecule has 8 heteroatoms. The first kappa shape index (κ1) is 22.1. The first-order valence-electron chi connectivity index (χ1n) is 8.06. The largest absolute Gasteiger partial charge is 0.352 e. The lowest BCUT2D eigenvalue weighted by molar-refractivity contribution is 0.0952. The Morgan fingerprint density at radius 1 is 1.12 bits per heavy atom. The van der Waals surface area contributed by atoms with Crippen LogP contribution in [0.1, 0.15) is 27.9 Å². The van der Waals surface area contributed by atoms with Gasteiger partial charge in [-0.05, 0) is 43.1 Å². The second kappa shape index (κ2) is 10.3. The highest BCUT2D eigenvalue weighted by Crippen LogP contribution is 2.16. The summed E-state index contributed by atoms with van der Waals surface area (Å²) in [6, 6.07) is 13.8. The van der Waals surface area contributed by atoms with E-state index in [2.05, 4.69) is 10.0 Å². The Bertz CT molecular complexity index is 827. The van der Waals surface area contributed by atoms with Crippen molar-refractivity contribution in [2.75, 3.05) is 13.1 Å². The number of hydrogen-bond acceptors (Lipinski definition) is 4. The quantitative estimate of drug-likeness (QED) is 0.592. The van der Waals surface area contributed by atoms with Crippen LogP contribution in [0.4, 0.5) is 0 Å². The Labute approximate surface area is 160 Å². The maximum Gasteiger partial charge on any atom is 0.251 e. The SMILES string of the molecule is Cc1ccc(S(=O)(=O)NCc2ccccc2)cc1C(=O)NCCCN.Cl. The van der Waals surface area contributed by atoms with E-state index < -0.39 is 10.0 Å². The van der Waals surface area contributed by atoms with E-state index in [1.807, 2.05) is 30.3 Å². The number of aryl methyl sites for hydroxylation is 1. The van der Waals surface area contributed by atoms with Gasteiger partial charge in [-0.3, -0.25) is 4.79 Å². The van der Waals surface area contributed by atoms with Crippen LogP contribution in [-0.2, 0) is 16.6 Å². The number of nitrogens with two attached hydrogens (primary N) is 1. The summed E-state index contributed by atoms with van der Waals surface area (Å²) in [5, 5.41) is 2.74. The van der Waals surface area contributed by atoms with Gasteiger partial charge in [0.15, 0.2) is 0 Å².